The Kier molecular flexibility index (Phi) is 7.30. The molecule has 0 radical (unpaired) electrons. The lowest BCUT2D eigenvalue weighted by atomic mass is 10.1. The van der Waals surface area contributed by atoms with Crippen LogP contribution in [-0.2, 0) is 11.2 Å². The molecule has 0 fully saturated rings. The standard InChI is InChI=1S/C25H25N5OS/c1-19(12-13-20-8-4-2-5-9-20)27-23(31)18-32-25-29-28-24(21-14-16-26-17-15-21)30(25)22-10-6-3-7-11-22/h2-11,14-17,19H,12-13,18H2,1H3,(H,27,31). The van der Waals surface area contributed by atoms with E-state index in [0.717, 1.165) is 29.9 Å². The van der Waals surface area contributed by atoms with Crippen LogP contribution < -0.4 is 5.32 Å². The van der Waals surface area contributed by atoms with Gasteiger partial charge >= 0.3 is 0 Å². The summed E-state index contributed by atoms with van der Waals surface area (Å²) < 4.78 is 1.98. The molecule has 0 aliphatic rings. The molecule has 0 saturated carbocycles. The van der Waals surface area contributed by atoms with Gasteiger partial charge in [-0.2, -0.15) is 0 Å². The Balaban J connectivity index is 1.42. The van der Waals surface area contributed by atoms with Crippen molar-refractivity contribution in [3.63, 3.8) is 0 Å². The van der Waals surface area contributed by atoms with Crippen molar-refractivity contribution >= 4 is 17.7 Å². The molecule has 1 unspecified atom stereocenters. The predicted octanol–water partition coefficient (Wildman–Crippen LogP) is 4.56. The molecule has 4 aromatic rings. The molecule has 0 bridgehead atoms. The zero-order valence-electron chi connectivity index (χ0n) is 17.9. The van der Waals surface area contributed by atoms with E-state index in [1.807, 2.05) is 72.2 Å². The lowest BCUT2D eigenvalue weighted by Gasteiger charge is -2.14. The van der Waals surface area contributed by atoms with E-state index in [0.29, 0.717) is 5.16 Å². The number of carbonyl (C=O) groups excluding carboxylic acids is 1. The van der Waals surface area contributed by atoms with Gasteiger partial charge < -0.3 is 5.32 Å². The molecular weight excluding hydrogens is 418 g/mol. The summed E-state index contributed by atoms with van der Waals surface area (Å²) in [6.45, 7) is 2.04. The van der Waals surface area contributed by atoms with Gasteiger partial charge in [-0.1, -0.05) is 60.3 Å². The number of pyridine rings is 1. The molecule has 0 aliphatic heterocycles. The van der Waals surface area contributed by atoms with E-state index in [4.69, 9.17) is 0 Å². The molecule has 2 aromatic carbocycles. The Morgan fingerprint density at radius 3 is 2.38 bits per heavy atom. The van der Waals surface area contributed by atoms with Gasteiger partial charge in [-0.15, -0.1) is 10.2 Å². The van der Waals surface area contributed by atoms with Gasteiger partial charge in [0, 0.05) is 29.7 Å². The summed E-state index contributed by atoms with van der Waals surface area (Å²) in [7, 11) is 0. The molecule has 0 aliphatic carbocycles. The quantitative estimate of drug-likeness (QED) is 0.384. The number of nitrogens with one attached hydrogen (secondary N) is 1. The summed E-state index contributed by atoms with van der Waals surface area (Å²) in [6.07, 6.45) is 5.30. The molecule has 0 spiro atoms. The number of hydrogen-bond donors (Lipinski definition) is 1. The molecule has 4 rings (SSSR count). The van der Waals surface area contributed by atoms with Crippen molar-refractivity contribution in [1.82, 2.24) is 25.1 Å². The third-order valence-corrected chi connectivity index (χ3v) is 5.96. The highest BCUT2D eigenvalue weighted by Crippen LogP contribution is 2.27. The number of rotatable bonds is 9. The van der Waals surface area contributed by atoms with Gasteiger partial charge in [-0.05, 0) is 49.6 Å². The number of nitrogens with zero attached hydrogens (tertiary/aromatic N) is 4. The smallest absolute Gasteiger partial charge is 0.230 e. The lowest BCUT2D eigenvalue weighted by Crippen LogP contribution is -2.34. The summed E-state index contributed by atoms with van der Waals surface area (Å²) in [5.41, 5.74) is 3.15. The van der Waals surface area contributed by atoms with E-state index in [1.165, 1.54) is 17.3 Å². The van der Waals surface area contributed by atoms with Crippen molar-refractivity contribution in [2.45, 2.75) is 31.0 Å². The number of amides is 1. The molecule has 1 N–H and O–H groups in total. The molecule has 32 heavy (non-hydrogen) atoms. The molecule has 0 saturated heterocycles. The molecule has 7 heteroatoms. The average Bonchev–Trinajstić information content (AvgIpc) is 3.27. The Morgan fingerprint density at radius 2 is 1.66 bits per heavy atom. The largest absolute Gasteiger partial charge is 0.353 e. The van der Waals surface area contributed by atoms with Gasteiger partial charge in [0.15, 0.2) is 11.0 Å². The fourth-order valence-corrected chi connectivity index (χ4v) is 4.17. The number of hydrogen-bond acceptors (Lipinski definition) is 5. The first-order valence-electron chi connectivity index (χ1n) is 10.6. The third kappa shape index (κ3) is 5.62. The van der Waals surface area contributed by atoms with Crippen LogP contribution in [0.3, 0.4) is 0 Å². The number of aryl methyl sites for hydroxylation is 1. The summed E-state index contributed by atoms with van der Waals surface area (Å²) in [4.78, 5) is 16.7. The second-order valence-corrected chi connectivity index (χ2v) is 8.44. The maximum absolute atomic E-state index is 12.6. The SMILES string of the molecule is CC(CCc1ccccc1)NC(=O)CSc1nnc(-c2ccncc2)n1-c1ccccc1. The number of thioether (sulfide) groups is 1. The van der Waals surface area contributed by atoms with Gasteiger partial charge in [0.2, 0.25) is 5.91 Å². The monoisotopic (exact) mass is 443 g/mol. The fraction of sp³-hybridized carbons (Fsp3) is 0.200. The second-order valence-electron chi connectivity index (χ2n) is 7.49. The van der Waals surface area contributed by atoms with Crippen molar-refractivity contribution in [3.8, 4) is 17.1 Å². The van der Waals surface area contributed by atoms with Crippen LogP contribution in [0.1, 0.15) is 18.9 Å². The van der Waals surface area contributed by atoms with Crippen molar-refractivity contribution in [2.24, 2.45) is 0 Å². The first kappa shape index (κ1) is 21.8. The lowest BCUT2D eigenvalue weighted by molar-refractivity contribution is -0.119. The zero-order valence-corrected chi connectivity index (χ0v) is 18.7. The number of aromatic nitrogens is 4. The Morgan fingerprint density at radius 1 is 0.969 bits per heavy atom. The molecule has 1 atom stereocenters. The highest BCUT2D eigenvalue weighted by Gasteiger charge is 2.17. The van der Waals surface area contributed by atoms with Crippen molar-refractivity contribution in [2.75, 3.05) is 5.75 Å². The molecule has 2 heterocycles. The van der Waals surface area contributed by atoms with Crippen LogP contribution in [0.4, 0.5) is 0 Å². The van der Waals surface area contributed by atoms with Gasteiger partial charge in [-0.25, -0.2) is 0 Å². The first-order chi connectivity index (χ1) is 15.7. The second kappa shape index (κ2) is 10.7. The van der Waals surface area contributed by atoms with Gasteiger partial charge in [0.05, 0.1) is 5.75 Å². The summed E-state index contributed by atoms with van der Waals surface area (Å²) in [5, 5.41) is 12.5. The molecule has 2 aromatic heterocycles. The van der Waals surface area contributed by atoms with E-state index in [-0.39, 0.29) is 17.7 Å². The molecule has 1 amide bonds. The van der Waals surface area contributed by atoms with Crippen LogP contribution in [-0.4, -0.2) is 37.5 Å². The van der Waals surface area contributed by atoms with Crippen LogP contribution in [0.15, 0.2) is 90.3 Å². The van der Waals surface area contributed by atoms with E-state index >= 15 is 0 Å². The van der Waals surface area contributed by atoms with Crippen molar-refractivity contribution in [1.29, 1.82) is 0 Å². The van der Waals surface area contributed by atoms with Crippen LogP contribution in [0.2, 0.25) is 0 Å². The van der Waals surface area contributed by atoms with E-state index in [2.05, 4.69) is 32.6 Å². The molecular formula is C25H25N5OS. The third-order valence-electron chi connectivity index (χ3n) is 5.03. The number of para-hydroxylation sites is 1. The minimum atomic E-state index is -0.0105. The maximum Gasteiger partial charge on any atom is 0.230 e. The number of carbonyl (C=O) groups is 1. The zero-order chi connectivity index (χ0) is 22.2. The Labute approximate surface area is 192 Å². The van der Waals surface area contributed by atoms with Crippen LogP contribution >= 0.6 is 11.8 Å². The van der Waals surface area contributed by atoms with Crippen LogP contribution in [0.5, 0.6) is 0 Å². The van der Waals surface area contributed by atoms with E-state index in [9.17, 15) is 4.79 Å². The average molecular weight is 444 g/mol. The minimum Gasteiger partial charge on any atom is -0.353 e. The fourth-order valence-electron chi connectivity index (χ4n) is 3.41. The number of benzene rings is 2. The topological polar surface area (TPSA) is 72.7 Å². The maximum atomic E-state index is 12.6. The summed E-state index contributed by atoms with van der Waals surface area (Å²) in [5.74, 6) is 0.984. The molecule has 6 nitrogen and oxygen atoms in total. The van der Waals surface area contributed by atoms with Crippen molar-refractivity contribution < 1.29 is 4.79 Å². The highest BCUT2D eigenvalue weighted by atomic mass is 32.2. The van der Waals surface area contributed by atoms with E-state index in [1.54, 1.807) is 12.4 Å². The predicted molar refractivity (Wildman–Crippen MR) is 128 cm³/mol. The highest BCUT2D eigenvalue weighted by molar-refractivity contribution is 7.99. The Hall–Kier alpha value is -3.45. The summed E-state index contributed by atoms with van der Waals surface area (Å²) >= 11 is 1.38. The van der Waals surface area contributed by atoms with Crippen molar-refractivity contribution in [3.05, 3.63) is 90.8 Å². The van der Waals surface area contributed by atoms with Crippen LogP contribution in [0.25, 0.3) is 17.1 Å². The van der Waals surface area contributed by atoms with E-state index < -0.39 is 0 Å². The van der Waals surface area contributed by atoms with Gasteiger partial charge in [0.1, 0.15) is 0 Å². The van der Waals surface area contributed by atoms with Gasteiger partial charge in [0.25, 0.3) is 0 Å². The van der Waals surface area contributed by atoms with Gasteiger partial charge in [-0.3, -0.25) is 14.3 Å². The first-order valence-corrected chi connectivity index (χ1v) is 11.6. The molecule has 162 valence electrons. The van der Waals surface area contributed by atoms with Crippen LogP contribution in [0, 0.1) is 0 Å². The normalized spacial score (nSPS) is 11.8. The Bertz CT molecular complexity index is 1130. The summed E-state index contributed by atoms with van der Waals surface area (Å²) in [6, 6.07) is 24.1. The minimum absolute atomic E-state index is 0.0105.